The van der Waals surface area contributed by atoms with Crippen LogP contribution in [0.2, 0.25) is 0 Å². The lowest BCUT2D eigenvalue weighted by Gasteiger charge is -2.30. The Kier molecular flexibility index (Phi) is 9.78. The predicted octanol–water partition coefficient (Wildman–Crippen LogP) is 16.5. The molecule has 0 saturated heterocycles. The number of aryl methyl sites for hydroxylation is 2. The van der Waals surface area contributed by atoms with E-state index in [9.17, 15) is 5.26 Å². The molecule has 306 valence electrons. The standard InChI is InChI=1S/C56H34F4N4/c1-33-4-10-36(11-5-33)45-28-53(49(59)30-47(45)57)63(41-20-8-35(32-61)9-21-41)51-26-16-38-15-25-44-52(27-17-39-14-24-43(51)55(38)56(39)44)64(42-22-18-40(62-3)19-23-42)54-29-46(48(58)31-50(54)60)37-12-6-34(2)7-13-37/h4-31H,1-2H3. The van der Waals surface area contributed by atoms with Gasteiger partial charge in [-0.2, -0.15) is 5.26 Å². The maximum absolute atomic E-state index is 16.5. The molecule has 10 aromatic rings. The summed E-state index contributed by atoms with van der Waals surface area (Å²) < 4.78 is 64.4. The van der Waals surface area contributed by atoms with E-state index in [2.05, 4.69) is 10.9 Å². The molecule has 0 saturated carbocycles. The molecule has 0 aromatic heterocycles. The van der Waals surface area contributed by atoms with Crippen LogP contribution in [0.1, 0.15) is 16.7 Å². The van der Waals surface area contributed by atoms with Gasteiger partial charge in [-0.25, -0.2) is 22.4 Å². The third-order valence-electron chi connectivity index (χ3n) is 11.9. The Bertz CT molecular complexity index is 3280. The van der Waals surface area contributed by atoms with Crippen molar-refractivity contribution in [2.45, 2.75) is 13.8 Å². The van der Waals surface area contributed by atoms with E-state index in [4.69, 9.17) is 6.57 Å². The predicted molar refractivity (Wildman–Crippen MR) is 251 cm³/mol. The van der Waals surface area contributed by atoms with E-state index in [1.54, 1.807) is 82.6 Å². The lowest BCUT2D eigenvalue weighted by Crippen LogP contribution is -2.14. The molecule has 0 unspecified atom stereocenters. The lowest BCUT2D eigenvalue weighted by molar-refractivity contribution is 0.586. The van der Waals surface area contributed by atoms with Gasteiger partial charge in [0.1, 0.15) is 23.3 Å². The van der Waals surface area contributed by atoms with Crippen molar-refractivity contribution < 1.29 is 17.6 Å². The number of anilines is 6. The molecule has 0 N–H and O–H groups in total. The number of hydrogen-bond acceptors (Lipinski definition) is 3. The average molecular weight is 839 g/mol. The molecule has 0 aliphatic carbocycles. The minimum Gasteiger partial charge on any atom is -0.307 e. The molecule has 10 aromatic carbocycles. The molecule has 0 aliphatic rings. The number of benzene rings is 10. The van der Waals surface area contributed by atoms with Gasteiger partial charge in [0.15, 0.2) is 5.69 Å². The second-order valence-corrected chi connectivity index (χ2v) is 15.8. The number of halogens is 4. The molecular weight excluding hydrogens is 805 g/mol. The Morgan fingerprint density at radius 2 is 0.859 bits per heavy atom. The summed E-state index contributed by atoms with van der Waals surface area (Å²) in [7, 11) is 0. The second kappa shape index (κ2) is 15.8. The van der Waals surface area contributed by atoms with E-state index >= 15 is 17.6 Å². The first-order valence-corrected chi connectivity index (χ1v) is 20.5. The van der Waals surface area contributed by atoms with Crippen molar-refractivity contribution in [2.75, 3.05) is 9.80 Å². The van der Waals surface area contributed by atoms with Crippen molar-refractivity contribution in [3.8, 4) is 28.3 Å². The summed E-state index contributed by atoms with van der Waals surface area (Å²) in [5, 5.41) is 14.6. The van der Waals surface area contributed by atoms with Gasteiger partial charge in [0.05, 0.1) is 41.0 Å². The highest BCUT2D eigenvalue weighted by atomic mass is 19.1. The highest BCUT2D eigenvalue weighted by Crippen LogP contribution is 2.49. The molecular formula is C56H34F4N4. The van der Waals surface area contributed by atoms with Gasteiger partial charge in [0.25, 0.3) is 0 Å². The minimum atomic E-state index is -0.781. The summed E-state index contributed by atoms with van der Waals surface area (Å²) in [6.45, 7) is 11.5. The Morgan fingerprint density at radius 3 is 1.27 bits per heavy atom. The number of rotatable bonds is 8. The van der Waals surface area contributed by atoms with Gasteiger partial charge in [-0.05, 0) is 107 Å². The first kappa shape index (κ1) is 39.7. The number of hydrogen-bond donors (Lipinski definition) is 0. The van der Waals surface area contributed by atoms with E-state index in [-0.39, 0.29) is 22.5 Å². The third-order valence-corrected chi connectivity index (χ3v) is 11.9. The van der Waals surface area contributed by atoms with Crippen LogP contribution < -0.4 is 9.80 Å². The van der Waals surface area contributed by atoms with Crippen LogP contribution in [0.15, 0.2) is 170 Å². The van der Waals surface area contributed by atoms with Crippen molar-refractivity contribution >= 4 is 72.1 Å². The van der Waals surface area contributed by atoms with Crippen LogP contribution in [0, 0.1) is 55.0 Å². The fourth-order valence-corrected chi connectivity index (χ4v) is 8.66. The van der Waals surface area contributed by atoms with E-state index in [0.717, 1.165) is 55.6 Å². The molecule has 10 rings (SSSR count). The summed E-state index contributed by atoms with van der Waals surface area (Å²) in [5.41, 5.74) is 6.93. The van der Waals surface area contributed by atoms with Crippen molar-refractivity contribution in [1.29, 1.82) is 5.26 Å². The fourth-order valence-electron chi connectivity index (χ4n) is 8.66. The Balaban J connectivity index is 1.23. The zero-order chi connectivity index (χ0) is 44.2. The van der Waals surface area contributed by atoms with Gasteiger partial charge in [-0.15, -0.1) is 0 Å². The monoisotopic (exact) mass is 838 g/mol. The molecule has 0 fully saturated rings. The Hall–Kier alpha value is -8.46. The van der Waals surface area contributed by atoms with Crippen molar-refractivity contribution in [3.63, 3.8) is 0 Å². The van der Waals surface area contributed by atoms with E-state index in [1.807, 2.05) is 86.6 Å². The normalized spacial score (nSPS) is 11.2. The number of nitrogens with zero attached hydrogens (tertiary/aromatic N) is 4. The van der Waals surface area contributed by atoms with Gasteiger partial charge >= 0.3 is 0 Å². The maximum atomic E-state index is 16.5. The molecule has 0 radical (unpaired) electrons. The maximum Gasteiger partial charge on any atom is 0.187 e. The molecule has 0 bridgehead atoms. The second-order valence-electron chi connectivity index (χ2n) is 15.8. The first-order chi connectivity index (χ1) is 31.1. The van der Waals surface area contributed by atoms with Crippen LogP contribution in [0.25, 0.3) is 59.4 Å². The summed E-state index contributed by atoms with van der Waals surface area (Å²) in [6.07, 6.45) is 0. The summed E-state index contributed by atoms with van der Waals surface area (Å²) in [6, 6.07) is 51.0. The summed E-state index contributed by atoms with van der Waals surface area (Å²) in [4.78, 5) is 7.06. The fraction of sp³-hybridized carbons (Fsp3) is 0.0357. The van der Waals surface area contributed by atoms with E-state index in [0.29, 0.717) is 45.1 Å². The minimum absolute atomic E-state index is 0.0996. The van der Waals surface area contributed by atoms with Crippen LogP contribution in [-0.4, -0.2) is 0 Å². The highest BCUT2D eigenvalue weighted by Gasteiger charge is 2.26. The van der Waals surface area contributed by atoms with Crippen LogP contribution in [0.4, 0.5) is 57.4 Å². The average Bonchev–Trinajstić information content (AvgIpc) is 3.31. The third kappa shape index (κ3) is 6.79. The summed E-state index contributed by atoms with van der Waals surface area (Å²) in [5.74, 6) is -2.96. The van der Waals surface area contributed by atoms with Crippen LogP contribution in [0.3, 0.4) is 0 Å². The molecule has 0 heterocycles. The van der Waals surface area contributed by atoms with Gasteiger partial charge in [0.2, 0.25) is 0 Å². The largest absolute Gasteiger partial charge is 0.307 e. The quantitative estimate of drug-likeness (QED) is 0.0868. The summed E-state index contributed by atoms with van der Waals surface area (Å²) >= 11 is 0. The van der Waals surface area contributed by atoms with Crippen LogP contribution in [-0.2, 0) is 0 Å². The Labute approximate surface area is 366 Å². The highest BCUT2D eigenvalue weighted by molar-refractivity contribution is 6.28. The smallest absolute Gasteiger partial charge is 0.187 e. The van der Waals surface area contributed by atoms with Crippen molar-refractivity contribution in [2.24, 2.45) is 0 Å². The van der Waals surface area contributed by atoms with Crippen LogP contribution >= 0.6 is 0 Å². The first-order valence-electron chi connectivity index (χ1n) is 20.5. The van der Waals surface area contributed by atoms with Crippen LogP contribution in [0.5, 0.6) is 0 Å². The van der Waals surface area contributed by atoms with Crippen molar-refractivity contribution in [1.82, 2.24) is 0 Å². The molecule has 0 spiro atoms. The molecule has 64 heavy (non-hydrogen) atoms. The van der Waals surface area contributed by atoms with E-state index < -0.39 is 23.3 Å². The van der Waals surface area contributed by atoms with Crippen molar-refractivity contribution in [3.05, 3.63) is 221 Å². The topological polar surface area (TPSA) is 34.6 Å². The van der Waals surface area contributed by atoms with Gasteiger partial charge < -0.3 is 9.80 Å². The zero-order valence-electron chi connectivity index (χ0n) is 34.5. The zero-order valence-corrected chi connectivity index (χ0v) is 34.5. The lowest BCUT2D eigenvalue weighted by atomic mass is 9.91. The van der Waals surface area contributed by atoms with Gasteiger partial charge in [0, 0.05) is 45.4 Å². The molecule has 0 atom stereocenters. The molecule has 0 amide bonds. The number of nitriles is 1. The Morgan fingerprint density at radius 1 is 0.453 bits per heavy atom. The SMILES string of the molecule is [C-]#[N+]c1ccc(N(c2cc(-c3ccc(C)cc3)c(F)cc2F)c2ccc3ccc4c(N(c5ccc(C#N)cc5)c5cc(-c6ccc(C)cc6)c(F)cc5F)ccc5ccc2c3c54)cc1. The van der Waals surface area contributed by atoms with Gasteiger partial charge in [-0.3, -0.25) is 0 Å². The molecule has 0 aliphatic heterocycles. The van der Waals surface area contributed by atoms with E-state index in [1.165, 1.54) is 12.1 Å². The molecule has 4 nitrogen and oxygen atoms in total. The molecule has 8 heteroatoms. The van der Waals surface area contributed by atoms with Gasteiger partial charge in [-0.1, -0.05) is 108 Å².